The maximum Gasteiger partial charge on any atom is 0.293 e. The summed E-state index contributed by atoms with van der Waals surface area (Å²) >= 11 is 13.1. The number of benzene rings is 2. The standard InChI is InChI=1S/C22H15Cl2NO3S/c1-13-2-4-14(5-3-13)12-25-21(26)20(29-22(25)27)11-16-7-9-19(28-16)17-10-15(23)6-8-18(17)24/h2-11H,12H2,1H3/b20-11+. The van der Waals surface area contributed by atoms with Crippen LogP contribution in [0.25, 0.3) is 17.4 Å². The molecule has 4 rings (SSSR count). The van der Waals surface area contributed by atoms with Crippen LogP contribution in [0, 0.1) is 6.92 Å². The quantitative estimate of drug-likeness (QED) is 0.416. The molecule has 146 valence electrons. The summed E-state index contributed by atoms with van der Waals surface area (Å²) in [6.45, 7) is 2.23. The first-order valence-electron chi connectivity index (χ1n) is 8.77. The number of carbonyl (C=O) groups excluding carboxylic acids is 2. The number of carbonyl (C=O) groups is 2. The Morgan fingerprint density at radius 3 is 2.55 bits per heavy atom. The van der Waals surface area contributed by atoms with Crippen molar-refractivity contribution in [3.63, 3.8) is 0 Å². The minimum absolute atomic E-state index is 0.240. The van der Waals surface area contributed by atoms with Crippen LogP contribution in [0.1, 0.15) is 16.9 Å². The van der Waals surface area contributed by atoms with E-state index in [-0.39, 0.29) is 17.7 Å². The van der Waals surface area contributed by atoms with E-state index in [1.165, 1.54) is 4.90 Å². The summed E-state index contributed by atoms with van der Waals surface area (Å²) in [5.74, 6) is 0.652. The van der Waals surface area contributed by atoms with Crippen LogP contribution in [-0.2, 0) is 11.3 Å². The van der Waals surface area contributed by atoms with E-state index in [0.29, 0.717) is 32.0 Å². The molecule has 0 saturated carbocycles. The fraction of sp³-hybridized carbons (Fsp3) is 0.0909. The summed E-state index contributed by atoms with van der Waals surface area (Å²) in [5.41, 5.74) is 2.68. The molecule has 2 amide bonds. The van der Waals surface area contributed by atoms with Crippen molar-refractivity contribution in [2.24, 2.45) is 0 Å². The highest BCUT2D eigenvalue weighted by Crippen LogP contribution is 2.36. The SMILES string of the molecule is Cc1ccc(CN2C(=O)S/C(=C/c3ccc(-c4cc(Cl)ccc4Cl)o3)C2=O)cc1. The van der Waals surface area contributed by atoms with E-state index in [2.05, 4.69) is 0 Å². The second-order valence-corrected chi connectivity index (χ2v) is 8.42. The van der Waals surface area contributed by atoms with Crippen LogP contribution in [0.2, 0.25) is 10.0 Å². The van der Waals surface area contributed by atoms with E-state index in [4.69, 9.17) is 27.6 Å². The normalized spacial score (nSPS) is 15.6. The predicted molar refractivity (Wildman–Crippen MR) is 117 cm³/mol. The lowest BCUT2D eigenvalue weighted by atomic mass is 10.1. The van der Waals surface area contributed by atoms with Gasteiger partial charge in [0, 0.05) is 16.7 Å². The molecule has 0 atom stereocenters. The highest BCUT2D eigenvalue weighted by Gasteiger charge is 2.35. The van der Waals surface area contributed by atoms with Crippen LogP contribution in [-0.4, -0.2) is 16.0 Å². The number of halogens is 2. The Morgan fingerprint density at radius 1 is 1.03 bits per heavy atom. The van der Waals surface area contributed by atoms with Gasteiger partial charge < -0.3 is 4.42 Å². The number of hydrogen-bond acceptors (Lipinski definition) is 4. The van der Waals surface area contributed by atoms with Crippen LogP contribution in [0.4, 0.5) is 4.79 Å². The largest absolute Gasteiger partial charge is 0.457 e. The Balaban J connectivity index is 1.55. The fourth-order valence-corrected chi connectivity index (χ4v) is 4.10. The first-order chi connectivity index (χ1) is 13.9. The molecule has 2 aromatic carbocycles. The van der Waals surface area contributed by atoms with E-state index in [1.807, 2.05) is 31.2 Å². The van der Waals surface area contributed by atoms with Gasteiger partial charge >= 0.3 is 0 Å². The summed E-state index contributed by atoms with van der Waals surface area (Å²) < 4.78 is 5.80. The monoisotopic (exact) mass is 443 g/mol. The van der Waals surface area contributed by atoms with Gasteiger partial charge in [-0.3, -0.25) is 14.5 Å². The van der Waals surface area contributed by atoms with Gasteiger partial charge in [-0.2, -0.15) is 0 Å². The number of furan rings is 1. The molecule has 0 spiro atoms. The molecule has 0 aliphatic carbocycles. The van der Waals surface area contributed by atoms with Crippen molar-refractivity contribution in [1.82, 2.24) is 4.90 Å². The lowest BCUT2D eigenvalue weighted by molar-refractivity contribution is -0.123. The molecule has 1 aromatic heterocycles. The van der Waals surface area contributed by atoms with Gasteiger partial charge in [0.2, 0.25) is 0 Å². The molecule has 1 saturated heterocycles. The molecular formula is C22H15Cl2NO3S. The number of aryl methyl sites for hydroxylation is 1. The second-order valence-electron chi connectivity index (χ2n) is 6.58. The molecule has 2 heterocycles. The summed E-state index contributed by atoms with van der Waals surface area (Å²) in [6, 6.07) is 16.3. The Kier molecular flexibility index (Phi) is 5.54. The van der Waals surface area contributed by atoms with Crippen LogP contribution in [0.5, 0.6) is 0 Å². The summed E-state index contributed by atoms with van der Waals surface area (Å²) in [5, 5.41) is 0.750. The van der Waals surface area contributed by atoms with Gasteiger partial charge in [0.25, 0.3) is 11.1 Å². The molecule has 4 nitrogen and oxygen atoms in total. The third-order valence-electron chi connectivity index (χ3n) is 4.43. The molecule has 0 unspecified atom stereocenters. The van der Waals surface area contributed by atoms with Gasteiger partial charge in [0.15, 0.2) is 0 Å². The molecule has 7 heteroatoms. The Hall–Kier alpha value is -2.47. The van der Waals surface area contributed by atoms with Crippen molar-refractivity contribution in [2.45, 2.75) is 13.5 Å². The zero-order valence-corrected chi connectivity index (χ0v) is 17.6. The second kappa shape index (κ2) is 8.11. The molecule has 0 radical (unpaired) electrons. The average Bonchev–Trinajstić information content (AvgIpc) is 3.26. The highest BCUT2D eigenvalue weighted by atomic mass is 35.5. The number of imide groups is 1. The third-order valence-corrected chi connectivity index (χ3v) is 5.90. The summed E-state index contributed by atoms with van der Waals surface area (Å²) in [6.07, 6.45) is 1.57. The lowest BCUT2D eigenvalue weighted by Crippen LogP contribution is -2.27. The summed E-state index contributed by atoms with van der Waals surface area (Å²) in [7, 11) is 0. The van der Waals surface area contributed by atoms with Crippen molar-refractivity contribution in [2.75, 3.05) is 0 Å². The first-order valence-corrected chi connectivity index (χ1v) is 10.3. The minimum atomic E-state index is -0.334. The van der Waals surface area contributed by atoms with Crippen LogP contribution >= 0.6 is 35.0 Å². The zero-order valence-electron chi connectivity index (χ0n) is 15.3. The predicted octanol–water partition coefficient (Wildman–Crippen LogP) is 6.80. The fourth-order valence-electron chi connectivity index (χ4n) is 2.90. The van der Waals surface area contributed by atoms with E-state index >= 15 is 0 Å². The average molecular weight is 444 g/mol. The Labute approximate surface area is 182 Å². The zero-order chi connectivity index (χ0) is 20.5. The van der Waals surface area contributed by atoms with Gasteiger partial charge in [-0.25, -0.2) is 0 Å². The van der Waals surface area contributed by atoms with Crippen molar-refractivity contribution in [3.05, 3.63) is 86.4 Å². The van der Waals surface area contributed by atoms with Gasteiger partial charge in [0.1, 0.15) is 11.5 Å². The van der Waals surface area contributed by atoms with E-state index in [1.54, 1.807) is 36.4 Å². The van der Waals surface area contributed by atoms with Gasteiger partial charge in [0.05, 0.1) is 16.5 Å². The molecule has 0 N–H and O–H groups in total. The number of rotatable bonds is 4. The maximum atomic E-state index is 12.7. The van der Waals surface area contributed by atoms with Crippen LogP contribution in [0.15, 0.2) is 63.9 Å². The van der Waals surface area contributed by atoms with Crippen molar-refractivity contribution >= 4 is 52.2 Å². The van der Waals surface area contributed by atoms with Crippen LogP contribution < -0.4 is 0 Å². The molecule has 1 aliphatic rings. The van der Waals surface area contributed by atoms with E-state index in [0.717, 1.165) is 22.9 Å². The first kappa shape index (κ1) is 19.8. The molecule has 3 aromatic rings. The van der Waals surface area contributed by atoms with Crippen molar-refractivity contribution < 1.29 is 14.0 Å². The molecule has 1 aliphatic heterocycles. The van der Waals surface area contributed by atoms with Crippen LogP contribution in [0.3, 0.4) is 0 Å². The number of thioether (sulfide) groups is 1. The van der Waals surface area contributed by atoms with Crippen molar-refractivity contribution in [3.8, 4) is 11.3 Å². The topological polar surface area (TPSA) is 50.5 Å². The van der Waals surface area contributed by atoms with Crippen molar-refractivity contribution in [1.29, 1.82) is 0 Å². The molecular weight excluding hydrogens is 429 g/mol. The lowest BCUT2D eigenvalue weighted by Gasteiger charge is -2.12. The maximum absolute atomic E-state index is 12.7. The minimum Gasteiger partial charge on any atom is -0.457 e. The van der Waals surface area contributed by atoms with E-state index in [9.17, 15) is 9.59 Å². The molecule has 0 bridgehead atoms. The Morgan fingerprint density at radius 2 is 1.79 bits per heavy atom. The summed E-state index contributed by atoms with van der Waals surface area (Å²) in [4.78, 5) is 26.6. The number of nitrogens with zero attached hydrogens (tertiary/aromatic N) is 1. The third kappa shape index (κ3) is 4.27. The number of hydrogen-bond donors (Lipinski definition) is 0. The molecule has 1 fully saturated rings. The van der Waals surface area contributed by atoms with E-state index < -0.39 is 0 Å². The molecule has 29 heavy (non-hydrogen) atoms. The van der Waals surface area contributed by atoms with Gasteiger partial charge in [-0.1, -0.05) is 53.0 Å². The smallest absolute Gasteiger partial charge is 0.293 e. The van der Waals surface area contributed by atoms with Gasteiger partial charge in [-0.15, -0.1) is 0 Å². The Bertz CT molecular complexity index is 1140. The van der Waals surface area contributed by atoms with Gasteiger partial charge in [-0.05, 0) is 54.6 Å². The highest BCUT2D eigenvalue weighted by molar-refractivity contribution is 8.18. The number of amides is 2.